The molecule has 0 unspecified atom stereocenters. The van der Waals surface area contributed by atoms with Crippen LogP contribution in [0.25, 0.3) is 34.0 Å². The normalized spacial score (nSPS) is 11.4. The predicted octanol–water partition coefficient (Wildman–Crippen LogP) is 4.80. The quantitative estimate of drug-likeness (QED) is 0.299. The fourth-order valence-corrected chi connectivity index (χ4v) is 2.90. The SMILES string of the molecule is COc1ccc2nc(/C(C#N)=C\c3ccc(-c4cccc([N+](=O)[O-])c4)o3)[nH]c2c1. The van der Waals surface area contributed by atoms with Gasteiger partial charge in [0, 0.05) is 29.8 Å². The van der Waals surface area contributed by atoms with Crippen molar-refractivity contribution in [3.8, 4) is 23.1 Å². The Morgan fingerprint density at radius 3 is 2.90 bits per heavy atom. The van der Waals surface area contributed by atoms with E-state index < -0.39 is 4.92 Å². The topological polar surface area (TPSA) is 118 Å². The van der Waals surface area contributed by atoms with Gasteiger partial charge in [-0.15, -0.1) is 0 Å². The number of aromatic amines is 1. The Hall–Kier alpha value is -4.38. The van der Waals surface area contributed by atoms with E-state index in [-0.39, 0.29) is 5.69 Å². The summed E-state index contributed by atoms with van der Waals surface area (Å²) in [6.07, 6.45) is 1.57. The van der Waals surface area contributed by atoms with Crippen molar-refractivity contribution < 1.29 is 14.1 Å². The Balaban J connectivity index is 1.67. The van der Waals surface area contributed by atoms with Crippen molar-refractivity contribution in [1.82, 2.24) is 9.97 Å². The van der Waals surface area contributed by atoms with Crippen LogP contribution in [0.4, 0.5) is 5.69 Å². The van der Waals surface area contributed by atoms with Crippen LogP contribution >= 0.6 is 0 Å². The number of furan rings is 1. The van der Waals surface area contributed by atoms with Crippen molar-refractivity contribution in [2.75, 3.05) is 7.11 Å². The van der Waals surface area contributed by atoms with E-state index in [4.69, 9.17) is 9.15 Å². The number of aromatic nitrogens is 2. The number of allylic oxidation sites excluding steroid dienone is 1. The van der Waals surface area contributed by atoms with E-state index in [1.54, 1.807) is 55.7 Å². The Morgan fingerprint density at radius 2 is 2.14 bits per heavy atom. The Kier molecular flexibility index (Phi) is 4.55. The van der Waals surface area contributed by atoms with Gasteiger partial charge in [-0.3, -0.25) is 10.1 Å². The second-order valence-electron chi connectivity index (χ2n) is 6.15. The summed E-state index contributed by atoms with van der Waals surface area (Å²) in [6.45, 7) is 0. The van der Waals surface area contributed by atoms with Crippen LogP contribution in [0.2, 0.25) is 0 Å². The minimum absolute atomic E-state index is 0.0218. The molecule has 0 saturated carbocycles. The van der Waals surface area contributed by atoms with Crippen molar-refractivity contribution in [2.24, 2.45) is 0 Å². The van der Waals surface area contributed by atoms with E-state index in [2.05, 4.69) is 16.0 Å². The Bertz CT molecular complexity index is 1290. The third kappa shape index (κ3) is 3.57. The lowest BCUT2D eigenvalue weighted by atomic mass is 10.1. The predicted molar refractivity (Wildman–Crippen MR) is 107 cm³/mol. The van der Waals surface area contributed by atoms with E-state index >= 15 is 0 Å². The van der Waals surface area contributed by atoms with Gasteiger partial charge >= 0.3 is 0 Å². The lowest BCUT2D eigenvalue weighted by Gasteiger charge is -1.97. The Morgan fingerprint density at radius 1 is 1.28 bits per heavy atom. The number of imidazole rings is 1. The second-order valence-corrected chi connectivity index (χ2v) is 6.15. The van der Waals surface area contributed by atoms with Gasteiger partial charge in [-0.25, -0.2) is 4.98 Å². The molecule has 0 fully saturated rings. The number of hydrogen-bond acceptors (Lipinski definition) is 6. The van der Waals surface area contributed by atoms with Gasteiger partial charge in [0.25, 0.3) is 5.69 Å². The third-order valence-electron chi connectivity index (χ3n) is 4.32. The van der Waals surface area contributed by atoms with Crippen molar-refractivity contribution >= 4 is 28.4 Å². The van der Waals surface area contributed by atoms with Crippen LogP contribution < -0.4 is 4.74 Å². The standard InChI is InChI=1S/C21H14N4O4/c1-28-16-5-7-18-19(11-16)24-21(23-18)14(12-22)10-17-6-8-20(29-17)13-3-2-4-15(9-13)25(26)27/h2-11H,1H3,(H,23,24)/b14-10-. The molecule has 29 heavy (non-hydrogen) atoms. The maximum atomic E-state index is 11.0. The molecule has 142 valence electrons. The molecule has 0 amide bonds. The summed E-state index contributed by atoms with van der Waals surface area (Å²) in [5.41, 5.74) is 2.30. The number of hydrogen-bond donors (Lipinski definition) is 1. The highest BCUT2D eigenvalue weighted by Gasteiger charge is 2.12. The van der Waals surface area contributed by atoms with E-state index in [0.717, 1.165) is 5.52 Å². The summed E-state index contributed by atoms with van der Waals surface area (Å²) < 4.78 is 11.0. The summed E-state index contributed by atoms with van der Waals surface area (Å²) in [7, 11) is 1.58. The van der Waals surface area contributed by atoms with E-state index in [9.17, 15) is 15.4 Å². The monoisotopic (exact) mass is 386 g/mol. The van der Waals surface area contributed by atoms with E-state index in [1.807, 2.05) is 0 Å². The van der Waals surface area contributed by atoms with Gasteiger partial charge < -0.3 is 14.1 Å². The van der Waals surface area contributed by atoms with Gasteiger partial charge in [-0.05, 0) is 24.3 Å². The second kappa shape index (κ2) is 7.32. The van der Waals surface area contributed by atoms with Crippen LogP contribution in [0.15, 0.2) is 59.0 Å². The molecule has 0 atom stereocenters. The molecular weight excluding hydrogens is 372 g/mol. The van der Waals surface area contributed by atoms with Crippen molar-refractivity contribution in [2.45, 2.75) is 0 Å². The van der Waals surface area contributed by atoms with Gasteiger partial charge in [0.2, 0.25) is 0 Å². The zero-order valence-electron chi connectivity index (χ0n) is 15.2. The van der Waals surface area contributed by atoms with Crippen molar-refractivity contribution in [3.05, 3.63) is 76.3 Å². The molecule has 0 radical (unpaired) electrons. The highest BCUT2D eigenvalue weighted by molar-refractivity contribution is 5.90. The maximum absolute atomic E-state index is 11.0. The molecule has 8 heteroatoms. The van der Waals surface area contributed by atoms with Gasteiger partial charge in [0.1, 0.15) is 29.2 Å². The number of nitrogens with zero attached hydrogens (tertiary/aromatic N) is 3. The van der Waals surface area contributed by atoms with Gasteiger partial charge in [0.15, 0.2) is 0 Å². The van der Waals surface area contributed by atoms with Crippen LogP contribution in [0.1, 0.15) is 11.6 Å². The molecule has 0 saturated heterocycles. The van der Waals surface area contributed by atoms with Crippen LogP contribution in [0.3, 0.4) is 0 Å². The third-order valence-corrected chi connectivity index (χ3v) is 4.32. The smallest absolute Gasteiger partial charge is 0.270 e. The van der Waals surface area contributed by atoms with Crippen LogP contribution in [-0.4, -0.2) is 22.0 Å². The van der Waals surface area contributed by atoms with Crippen LogP contribution in [0, 0.1) is 21.4 Å². The number of ether oxygens (including phenoxy) is 1. The summed E-state index contributed by atoms with van der Waals surface area (Å²) >= 11 is 0. The minimum atomic E-state index is -0.461. The number of nitriles is 1. The number of nitro benzene ring substituents is 1. The maximum Gasteiger partial charge on any atom is 0.270 e. The number of non-ortho nitro benzene ring substituents is 1. The fraction of sp³-hybridized carbons (Fsp3) is 0.0476. The average Bonchev–Trinajstić information content (AvgIpc) is 3.38. The lowest BCUT2D eigenvalue weighted by Crippen LogP contribution is -1.87. The molecule has 4 aromatic rings. The Labute approximate surface area is 164 Å². The molecule has 0 aliphatic carbocycles. The van der Waals surface area contributed by atoms with Crippen LogP contribution in [0.5, 0.6) is 5.75 Å². The molecule has 1 N–H and O–H groups in total. The van der Waals surface area contributed by atoms with Crippen LogP contribution in [-0.2, 0) is 0 Å². The largest absolute Gasteiger partial charge is 0.497 e. The molecule has 0 bridgehead atoms. The molecule has 8 nitrogen and oxygen atoms in total. The zero-order valence-corrected chi connectivity index (χ0v) is 15.2. The van der Waals surface area contributed by atoms with Gasteiger partial charge in [0.05, 0.1) is 28.6 Å². The first-order valence-corrected chi connectivity index (χ1v) is 8.58. The highest BCUT2D eigenvalue weighted by atomic mass is 16.6. The molecular formula is C21H14N4O4. The molecule has 2 heterocycles. The number of rotatable bonds is 5. The number of methoxy groups -OCH3 is 1. The highest BCUT2D eigenvalue weighted by Crippen LogP contribution is 2.28. The zero-order chi connectivity index (χ0) is 20.4. The summed E-state index contributed by atoms with van der Waals surface area (Å²) in [5, 5.41) is 20.5. The minimum Gasteiger partial charge on any atom is -0.497 e. The number of benzene rings is 2. The molecule has 4 rings (SSSR count). The molecule has 2 aromatic carbocycles. The number of fused-ring (bicyclic) bond motifs is 1. The lowest BCUT2D eigenvalue weighted by molar-refractivity contribution is -0.384. The fourth-order valence-electron chi connectivity index (χ4n) is 2.90. The number of H-pyrrole nitrogens is 1. The number of nitro groups is 1. The van der Waals surface area contributed by atoms with E-state index in [0.29, 0.717) is 39.7 Å². The van der Waals surface area contributed by atoms with Crippen molar-refractivity contribution in [1.29, 1.82) is 5.26 Å². The molecule has 0 aliphatic heterocycles. The summed E-state index contributed by atoms with van der Waals surface area (Å²) in [4.78, 5) is 18.0. The summed E-state index contributed by atoms with van der Waals surface area (Å²) in [6, 6.07) is 17.1. The molecule has 0 spiro atoms. The van der Waals surface area contributed by atoms with Crippen molar-refractivity contribution in [3.63, 3.8) is 0 Å². The average molecular weight is 386 g/mol. The van der Waals surface area contributed by atoms with E-state index in [1.165, 1.54) is 12.1 Å². The first-order valence-electron chi connectivity index (χ1n) is 8.58. The molecule has 2 aromatic heterocycles. The molecule has 0 aliphatic rings. The van der Waals surface area contributed by atoms with Gasteiger partial charge in [-0.2, -0.15) is 5.26 Å². The number of nitrogens with one attached hydrogen (secondary N) is 1. The first kappa shape index (κ1) is 18.0. The summed E-state index contributed by atoms with van der Waals surface area (Å²) in [5.74, 6) is 1.99. The first-order chi connectivity index (χ1) is 14.1. The van der Waals surface area contributed by atoms with Gasteiger partial charge in [-0.1, -0.05) is 12.1 Å².